The van der Waals surface area contributed by atoms with E-state index < -0.39 is 0 Å². The van der Waals surface area contributed by atoms with Crippen molar-refractivity contribution in [1.29, 1.82) is 0 Å². The van der Waals surface area contributed by atoms with Crippen LogP contribution in [0.4, 0.5) is 5.69 Å². The summed E-state index contributed by atoms with van der Waals surface area (Å²) in [4.78, 5) is 15.6. The number of halogens is 1. The lowest BCUT2D eigenvalue weighted by Gasteiger charge is -2.20. The fraction of sp³-hybridized carbons (Fsp3) is 0.312. The van der Waals surface area contributed by atoms with E-state index in [1.807, 2.05) is 36.1 Å². The van der Waals surface area contributed by atoms with Gasteiger partial charge in [0.05, 0.1) is 10.9 Å². The molecule has 0 saturated heterocycles. The summed E-state index contributed by atoms with van der Waals surface area (Å²) in [6.07, 6.45) is 1.04. The van der Waals surface area contributed by atoms with Crippen LogP contribution in [0.15, 0.2) is 30.3 Å². The standard InChI is InChI=1S/C16H17ClN2OS/c1-2-19(10-13-5-6-15(17)21-13)16(20)12-4-3-11-7-8-18-14(11)9-12/h3-6,9,18H,2,7-8,10H2,1H3. The molecule has 0 spiro atoms. The van der Waals surface area contributed by atoms with Crippen LogP contribution in [0.5, 0.6) is 0 Å². The first-order valence-corrected chi connectivity index (χ1v) is 8.27. The molecule has 1 N–H and O–H groups in total. The normalized spacial score (nSPS) is 12.9. The number of nitrogens with zero attached hydrogens (tertiary/aromatic N) is 1. The Bertz CT molecular complexity index is 668. The number of hydrogen-bond donors (Lipinski definition) is 1. The van der Waals surface area contributed by atoms with Crippen LogP contribution in [0.3, 0.4) is 0 Å². The highest BCUT2D eigenvalue weighted by Gasteiger charge is 2.18. The van der Waals surface area contributed by atoms with E-state index in [0.29, 0.717) is 13.1 Å². The predicted molar refractivity (Wildman–Crippen MR) is 88.4 cm³/mol. The van der Waals surface area contributed by atoms with Crippen molar-refractivity contribution in [3.63, 3.8) is 0 Å². The maximum atomic E-state index is 12.7. The molecule has 1 aliphatic heterocycles. The van der Waals surface area contributed by atoms with E-state index in [0.717, 1.165) is 33.4 Å². The van der Waals surface area contributed by atoms with E-state index in [1.165, 1.54) is 16.9 Å². The Morgan fingerprint density at radius 3 is 2.95 bits per heavy atom. The molecule has 1 aromatic heterocycles. The van der Waals surface area contributed by atoms with Crippen LogP contribution in [-0.2, 0) is 13.0 Å². The third-order valence-electron chi connectivity index (χ3n) is 3.71. The average Bonchev–Trinajstić information content (AvgIpc) is 3.11. The van der Waals surface area contributed by atoms with Crippen LogP contribution in [0.1, 0.15) is 27.7 Å². The smallest absolute Gasteiger partial charge is 0.254 e. The van der Waals surface area contributed by atoms with Crippen molar-refractivity contribution in [2.24, 2.45) is 0 Å². The topological polar surface area (TPSA) is 32.3 Å². The Balaban J connectivity index is 1.78. The number of hydrogen-bond acceptors (Lipinski definition) is 3. The number of carbonyl (C=O) groups excluding carboxylic acids is 1. The zero-order valence-electron chi connectivity index (χ0n) is 11.9. The third kappa shape index (κ3) is 3.06. The van der Waals surface area contributed by atoms with Gasteiger partial charge in [0.2, 0.25) is 0 Å². The minimum atomic E-state index is 0.0681. The number of amides is 1. The predicted octanol–water partition coefficient (Wildman–Crippen LogP) is 4.03. The lowest BCUT2D eigenvalue weighted by molar-refractivity contribution is 0.0754. The maximum absolute atomic E-state index is 12.7. The van der Waals surface area contributed by atoms with Crippen molar-refractivity contribution in [2.45, 2.75) is 19.9 Å². The van der Waals surface area contributed by atoms with E-state index in [2.05, 4.69) is 11.4 Å². The van der Waals surface area contributed by atoms with Gasteiger partial charge in [-0.2, -0.15) is 0 Å². The van der Waals surface area contributed by atoms with Crippen molar-refractivity contribution in [3.8, 4) is 0 Å². The molecule has 1 aromatic carbocycles. The van der Waals surface area contributed by atoms with Crippen molar-refractivity contribution < 1.29 is 4.79 Å². The Kier molecular flexibility index (Phi) is 4.17. The molecule has 0 atom stereocenters. The number of anilines is 1. The Hall–Kier alpha value is -1.52. The van der Waals surface area contributed by atoms with E-state index in [1.54, 1.807) is 0 Å². The maximum Gasteiger partial charge on any atom is 0.254 e. The molecule has 110 valence electrons. The fourth-order valence-corrected chi connectivity index (χ4v) is 3.66. The third-order valence-corrected chi connectivity index (χ3v) is 4.93. The monoisotopic (exact) mass is 320 g/mol. The van der Waals surface area contributed by atoms with E-state index >= 15 is 0 Å². The largest absolute Gasteiger partial charge is 0.384 e. The number of benzene rings is 1. The van der Waals surface area contributed by atoms with Gasteiger partial charge in [0.1, 0.15) is 0 Å². The summed E-state index contributed by atoms with van der Waals surface area (Å²) in [5.41, 5.74) is 3.13. The summed E-state index contributed by atoms with van der Waals surface area (Å²) in [7, 11) is 0. The lowest BCUT2D eigenvalue weighted by atomic mass is 10.1. The molecule has 0 bridgehead atoms. The molecule has 21 heavy (non-hydrogen) atoms. The second kappa shape index (κ2) is 6.08. The van der Waals surface area contributed by atoms with Gasteiger partial charge in [-0.05, 0) is 43.2 Å². The van der Waals surface area contributed by atoms with Crippen LogP contribution < -0.4 is 5.32 Å². The van der Waals surface area contributed by atoms with Gasteiger partial charge in [0, 0.05) is 29.2 Å². The van der Waals surface area contributed by atoms with Crippen LogP contribution in [0.2, 0.25) is 4.34 Å². The molecule has 2 heterocycles. The number of fused-ring (bicyclic) bond motifs is 1. The van der Waals surface area contributed by atoms with Crippen molar-refractivity contribution in [2.75, 3.05) is 18.4 Å². The molecule has 3 rings (SSSR count). The Morgan fingerprint density at radius 2 is 2.24 bits per heavy atom. The fourth-order valence-electron chi connectivity index (χ4n) is 2.56. The molecule has 5 heteroatoms. The van der Waals surface area contributed by atoms with Gasteiger partial charge in [-0.3, -0.25) is 4.79 Å². The summed E-state index contributed by atoms with van der Waals surface area (Å²) in [5, 5.41) is 3.32. The first kappa shape index (κ1) is 14.4. The first-order chi connectivity index (χ1) is 10.2. The molecular weight excluding hydrogens is 304 g/mol. The summed E-state index contributed by atoms with van der Waals surface area (Å²) in [5.74, 6) is 0.0681. The van der Waals surface area contributed by atoms with Gasteiger partial charge < -0.3 is 10.2 Å². The summed E-state index contributed by atoms with van der Waals surface area (Å²) < 4.78 is 0.759. The summed E-state index contributed by atoms with van der Waals surface area (Å²) in [6, 6.07) is 9.80. The molecular formula is C16H17ClN2OS. The van der Waals surface area contributed by atoms with E-state index in [-0.39, 0.29) is 5.91 Å². The minimum Gasteiger partial charge on any atom is -0.384 e. The van der Waals surface area contributed by atoms with Crippen LogP contribution in [-0.4, -0.2) is 23.9 Å². The molecule has 0 fully saturated rings. The van der Waals surface area contributed by atoms with Crippen molar-refractivity contribution in [3.05, 3.63) is 50.7 Å². The summed E-state index contributed by atoms with van der Waals surface area (Å²) in [6.45, 7) is 4.24. The van der Waals surface area contributed by atoms with Crippen molar-refractivity contribution in [1.82, 2.24) is 4.90 Å². The molecule has 0 aliphatic carbocycles. The van der Waals surface area contributed by atoms with Crippen LogP contribution in [0.25, 0.3) is 0 Å². The van der Waals surface area contributed by atoms with Gasteiger partial charge in [-0.15, -0.1) is 11.3 Å². The second-order valence-electron chi connectivity index (χ2n) is 5.07. The highest BCUT2D eigenvalue weighted by atomic mass is 35.5. The van der Waals surface area contributed by atoms with Gasteiger partial charge in [-0.1, -0.05) is 17.7 Å². The molecule has 1 aliphatic rings. The molecule has 2 aromatic rings. The average molecular weight is 321 g/mol. The number of nitrogens with one attached hydrogen (secondary N) is 1. The van der Waals surface area contributed by atoms with Gasteiger partial charge in [0.15, 0.2) is 0 Å². The summed E-state index contributed by atoms with van der Waals surface area (Å²) >= 11 is 7.48. The first-order valence-electron chi connectivity index (χ1n) is 7.07. The molecule has 3 nitrogen and oxygen atoms in total. The number of thiophene rings is 1. The van der Waals surface area contributed by atoms with Crippen LogP contribution in [0, 0.1) is 0 Å². The Morgan fingerprint density at radius 1 is 1.38 bits per heavy atom. The quantitative estimate of drug-likeness (QED) is 0.922. The SMILES string of the molecule is CCN(Cc1ccc(Cl)s1)C(=O)c1ccc2c(c1)NCC2. The van der Waals surface area contributed by atoms with Crippen molar-refractivity contribution >= 4 is 34.5 Å². The number of carbonyl (C=O) groups is 1. The molecule has 0 radical (unpaired) electrons. The van der Waals surface area contributed by atoms with E-state index in [9.17, 15) is 4.79 Å². The Labute approximate surface area is 133 Å². The van der Waals surface area contributed by atoms with Crippen LogP contribution >= 0.6 is 22.9 Å². The molecule has 1 amide bonds. The minimum absolute atomic E-state index is 0.0681. The highest BCUT2D eigenvalue weighted by Crippen LogP contribution is 2.26. The van der Waals surface area contributed by atoms with E-state index in [4.69, 9.17) is 11.6 Å². The van der Waals surface area contributed by atoms with Gasteiger partial charge in [0.25, 0.3) is 5.91 Å². The van der Waals surface area contributed by atoms with Gasteiger partial charge >= 0.3 is 0 Å². The highest BCUT2D eigenvalue weighted by molar-refractivity contribution is 7.16. The van der Waals surface area contributed by atoms with Gasteiger partial charge in [-0.25, -0.2) is 0 Å². The zero-order valence-corrected chi connectivity index (χ0v) is 13.4. The molecule has 0 unspecified atom stereocenters. The molecule has 0 saturated carbocycles. The number of rotatable bonds is 4. The zero-order chi connectivity index (χ0) is 14.8. The lowest BCUT2D eigenvalue weighted by Crippen LogP contribution is -2.30. The second-order valence-corrected chi connectivity index (χ2v) is 6.87.